The Bertz CT molecular complexity index is 862. The summed E-state index contributed by atoms with van der Waals surface area (Å²) >= 11 is 12.3. The predicted octanol–water partition coefficient (Wildman–Crippen LogP) is 4.54. The normalized spacial score (nSPS) is 16.2. The molecule has 1 aliphatic carbocycles. The molecule has 2 aromatic carbocycles. The minimum atomic E-state index is -0.621. The van der Waals surface area contributed by atoms with E-state index in [1.54, 1.807) is 19.1 Å². The van der Waals surface area contributed by atoms with E-state index in [-0.39, 0.29) is 25.1 Å². The largest absolute Gasteiger partial charge is 0.480 e. The summed E-state index contributed by atoms with van der Waals surface area (Å²) in [5, 5.41) is 15.0. The van der Waals surface area contributed by atoms with Gasteiger partial charge in [0.05, 0.1) is 17.7 Å². The quantitative estimate of drug-likeness (QED) is 0.550. The van der Waals surface area contributed by atoms with Crippen LogP contribution in [0.15, 0.2) is 36.4 Å². The molecule has 30 heavy (non-hydrogen) atoms. The first kappa shape index (κ1) is 24.8. The van der Waals surface area contributed by atoms with E-state index in [1.165, 1.54) is 5.56 Å². The minimum absolute atomic E-state index is 0. The topological polar surface area (TPSA) is 67.8 Å². The van der Waals surface area contributed by atoms with E-state index in [9.17, 15) is 9.90 Å². The molecule has 5 nitrogen and oxygen atoms in total. The number of hydrogen-bond donors (Lipinski definition) is 2. The van der Waals surface area contributed by atoms with Crippen LogP contribution in [0.3, 0.4) is 0 Å². The highest BCUT2D eigenvalue weighted by molar-refractivity contribution is 6.32. The van der Waals surface area contributed by atoms with Crippen LogP contribution in [0.25, 0.3) is 0 Å². The average molecular weight is 475 g/mol. The van der Waals surface area contributed by atoms with Gasteiger partial charge in [-0.1, -0.05) is 35.3 Å². The summed E-state index contributed by atoms with van der Waals surface area (Å²) in [4.78, 5) is 11.5. The predicted molar refractivity (Wildman–Crippen MR) is 121 cm³/mol. The molecule has 0 aliphatic heterocycles. The second-order valence-corrected chi connectivity index (χ2v) is 7.91. The Morgan fingerprint density at radius 3 is 2.80 bits per heavy atom. The molecule has 0 spiro atoms. The Morgan fingerprint density at radius 2 is 2.07 bits per heavy atom. The van der Waals surface area contributed by atoms with E-state index in [4.69, 9.17) is 32.7 Å². The molecule has 0 fully saturated rings. The van der Waals surface area contributed by atoms with Gasteiger partial charge < -0.3 is 19.9 Å². The first-order chi connectivity index (χ1) is 14.0. The van der Waals surface area contributed by atoms with Crippen molar-refractivity contribution in [1.29, 1.82) is 0 Å². The van der Waals surface area contributed by atoms with E-state index in [0.29, 0.717) is 28.9 Å². The SMILES string of the molecule is CCOC(=O)COc1cc2c(cc1Cl)CC[C@H](NC[C@H](O)c1cccc(Cl)c1)C2.Cl. The Hall–Kier alpha value is -1.50. The zero-order valence-corrected chi connectivity index (χ0v) is 19.0. The number of carbonyl (C=O) groups is 1. The number of ether oxygens (including phenoxy) is 2. The van der Waals surface area contributed by atoms with Crippen molar-refractivity contribution in [1.82, 2.24) is 5.32 Å². The summed E-state index contributed by atoms with van der Waals surface area (Å²) in [6.45, 7) is 2.34. The highest BCUT2D eigenvalue weighted by Crippen LogP contribution is 2.32. The van der Waals surface area contributed by atoms with Gasteiger partial charge in [-0.25, -0.2) is 4.79 Å². The van der Waals surface area contributed by atoms with Gasteiger partial charge in [0.2, 0.25) is 0 Å². The van der Waals surface area contributed by atoms with Crippen LogP contribution >= 0.6 is 35.6 Å². The number of fused-ring (bicyclic) bond motifs is 1. The van der Waals surface area contributed by atoms with Gasteiger partial charge in [-0.05, 0) is 67.1 Å². The van der Waals surface area contributed by atoms with Crippen molar-refractivity contribution in [3.05, 3.63) is 63.1 Å². The fraction of sp³-hybridized carbons (Fsp3) is 0.409. The highest BCUT2D eigenvalue weighted by Gasteiger charge is 2.22. The standard InChI is InChI=1S/C22H25Cl2NO4.ClH/c1-2-28-22(27)13-29-21-11-16-9-18(7-6-14(16)10-19(21)24)25-12-20(26)15-4-3-5-17(23)8-15;/h3-5,8,10-11,18,20,25-26H,2,6-7,9,12-13H2,1H3;1H/t18-,20-;/m0./s1. The fourth-order valence-corrected chi connectivity index (χ4v) is 3.93. The third-order valence-corrected chi connectivity index (χ3v) is 5.50. The maximum absolute atomic E-state index is 11.5. The number of aliphatic hydroxyl groups is 1. The van der Waals surface area contributed by atoms with Crippen LogP contribution < -0.4 is 10.1 Å². The highest BCUT2D eigenvalue weighted by atomic mass is 35.5. The van der Waals surface area contributed by atoms with Crippen LogP contribution in [-0.4, -0.2) is 36.9 Å². The molecule has 2 atom stereocenters. The fourth-order valence-electron chi connectivity index (χ4n) is 3.49. The van der Waals surface area contributed by atoms with Gasteiger partial charge in [0.1, 0.15) is 5.75 Å². The van der Waals surface area contributed by atoms with Crippen molar-refractivity contribution in [2.75, 3.05) is 19.8 Å². The molecular formula is C22H26Cl3NO4. The molecule has 1 aliphatic rings. The Balaban J connectivity index is 0.00000320. The first-order valence-corrected chi connectivity index (χ1v) is 10.5. The summed E-state index contributed by atoms with van der Waals surface area (Å²) in [6.07, 6.45) is 2.01. The Kier molecular flexibility index (Phi) is 9.72. The van der Waals surface area contributed by atoms with Crippen molar-refractivity contribution in [2.45, 2.75) is 38.3 Å². The number of aryl methyl sites for hydroxylation is 1. The molecule has 0 bridgehead atoms. The summed E-state index contributed by atoms with van der Waals surface area (Å²) in [5.74, 6) is 0.0638. The van der Waals surface area contributed by atoms with E-state index < -0.39 is 12.1 Å². The zero-order valence-electron chi connectivity index (χ0n) is 16.7. The molecule has 0 aromatic heterocycles. The van der Waals surface area contributed by atoms with Gasteiger partial charge in [-0.15, -0.1) is 12.4 Å². The van der Waals surface area contributed by atoms with E-state index >= 15 is 0 Å². The zero-order chi connectivity index (χ0) is 20.8. The number of aliphatic hydroxyl groups excluding tert-OH is 1. The molecule has 0 heterocycles. The molecule has 0 saturated heterocycles. The van der Waals surface area contributed by atoms with Gasteiger partial charge in [0.15, 0.2) is 6.61 Å². The average Bonchev–Trinajstić information content (AvgIpc) is 2.70. The lowest BCUT2D eigenvalue weighted by Crippen LogP contribution is -2.37. The Morgan fingerprint density at radius 1 is 1.27 bits per heavy atom. The van der Waals surface area contributed by atoms with Gasteiger partial charge in [-0.2, -0.15) is 0 Å². The van der Waals surface area contributed by atoms with Crippen molar-refractivity contribution in [3.63, 3.8) is 0 Å². The molecule has 0 radical (unpaired) electrons. The molecule has 8 heteroatoms. The minimum Gasteiger partial charge on any atom is -0.480 e. The summed E-state index contributed by atoms with van der Waals surface area (Å²) < 4.78 is 10.4. The summed E-state index contributed by atoms with van der Waals surface area (Å²) in [7, 11) is 0. The van der Waals surface area contributed by atoms with Crippen molar-refractivity contribution in [2.24, 2.45) is 0 Å². The maximum Gasteiger partial charge on any atom is 0.344 e. The summed E-state index contributed by atoms with van der Waals surface area (Å²) in [6, 6.07) is 11.3. The number of benzene rings is 2. The van der Waals surface area contributed by atoms with Gasteiger partial charge in [0.25, 0.3) is 0 Å². The van der Waals surface area contributed by atoms with Gasteiger partial charge in [0, 0.05) is 17.6 Å². The molecule has 2 aromatic rings. The number of esters is 1. The lowest BCUT2D eigenvalue weighted by Gasteiger charge is -2.27. The molecule has 0 amide bonds. The van der Waals surface area contributed by atoms with Crippen LogP contribution in [0.1, 0.15) is 36.1 Å². The number of hydrogen-bond acceptors (Lipinski definition) is 5. The molecule has 0 unspecified atom stereocenters. The van der Waals surface area contributed by atoms with E-state index in [0.717, 1.165) is 30.4 Å². The first-order valence-electron chi connectivity index (χ1n) is 9.73. The van der Waals surface area contributed by atoms with Crippen LogP contribution in [-0.2, 0) is 22.4 Å². The van der Waals surface area contributed by atoms with Crippen molar-refractivity contribution < 1.29 is 19.4 Å². The monoisotopic (exact) mass is 473 g/mol. The third kappa shape index (κ3) is 6.76. The van der Waals surface area contributed by atoms with E-state index in [2.05, 4.69) is 5.32 Å². The van der Waals surface area contributed by atoms with Crippen LogP contribution in [0.2, 0.25) is 10.0 Å². The van der Waals surface area contributed by atoms with Crippen LogP contribution in [0.5, 0.6) is 5.75 Å². The molecule has 0 saturated carbocycles. The van der Waals surface area contributed by atoms with Gasteiger partial charge in [-0.3, -0.25) is 0 Å². The second-order valence-electron chi connectivity index (χ2n) is 7.06. The molecule has 2 N–H and O–H groups in total. The maximum atomic E-state index is 11.5. The van der Waals surface area contributed by atoms with Crippen LogP contribution in [0, 0.1) is 0 Å². The number of halogens is 3. The lowest BCUT2D eigenvalue weighted by molar-refractivity contribution is -0.145. The van der Waals surface area contributed by atoms with E-state index in [1.807, 2.05) is 24.3 Å². The van der Waals surface area contributed by atoms with Crippen LogP contribution in [0.4, 0.5) is 0 Å². The smallest absolute Gasteiger partial charge is 0.344 e. The number of nitrogens with one attached hydrogen (secondary N) is 1. The van der Waals surface area contributed by atoms with Gasteiger partial charge >= 0.3 is 5.97 Å². The van der Waals surface area contributed by atoms with Crippen molar-refractivity contribution in [3.8, 4) is 5.75 Å². The number of carbonyl (C=O) groups excluding carboxylic acids is 1. The second kappa shape index (κ2) is 11.8. The van der Waals surface area contributed by atoms with Crippen molar-refractivity contribution >= 4 is 41.6 Å². The Labute approximate surface area is 193 Å². The number of rotatable bonds is 8. The third-order valence-electron chi connectivity index (χ3n) is 4.97. The summed E-state index contributed by atoms with van der Waals surface area (Å²) in [5.41, 5.74) is 3.11. The molecule has 3 rings (SSSR count). The molecular weight excluding hydrogens is 449 g/mol. The molecule has 164 valence electrons. The lowest BCUT2D eigenvalue weighted by atomic mass is 9.88.